The van der Waals surface area contributed by atoms with E-state index in [1.54, 1.807) is 0 Å². The predicted molar refractivity (Wildman–Crippen MR) is 54.7 cm³/mol. The molecule has 1 saturated heterocycles. The van der Waals surface area contributed by atoms with Gasteiger partial charge in [0.1, 0.15) is 0 Å². The summed E-state index contributed by atoms with van der Waals surface area (Å²) in [6.07, 6.45) is -0.373. The molecule has 15 heavy (non-hydrogen) atoms. The van der Waals surface area contributed by atoms with Gasteiger partial charge >= 0.3 is 0 Å². The Kier molecular flexibility index (Phi) is 1.34. The normalized spacial score (nSPS) is 27.2. The average Bonchev–Trinajstić information content (AvgIpc) is 2.71. The third kappa shape index (κ3) is 0.899. The Morgan fingerprint density at radius 3 is 2.67 bits per heavy atom. The largest absolute Gasteiger partial charge is 0.322 e. The molecule has 0 radical (unpaired) electrons. The molecular formula is C12H9NO2. The fraction of sp³-hybridized carbons (Fsp3) is 0.167. The van der Waals surface area contributed by atoms with Crippen LogP contribution in [0.5, 0.6) is 0 Å². The van der Waals surface area contributed by atoms with Gasteiger partial charge in [-0.05, 0) is 10.8 Å². The summed E-state index contributed by atoms with van der Waals surface area (Å²) in [4.78, 5) is 5.38. The number of hydroxylamine groups is 1. The van der Waals surface area contributed by atoms with Gasteiger partial charge in [0, 0.05) is 11.1 Å². The number of hydrogen-bond donors (Lipinski definition) is 1. The van der Waals surface area contributed by atoms with E-state index < -0.39 is 0 Å². The summed E-state index contributed by atoms with van der Waals surface area (Å²) < 4.78 is 5.68. The Hall–Kier alpha value is -1.42. The lowest BCUT2D eigenvalue weighted by molar-refractivity contribution is -0.0742. The highest BCUT2D eigenvalue weighted by molar-refractivity contribution is 5.90. The lowest BCUT2D eigenvalue weighted by Crippen LogP contribution is -2.13. The van der Waals surface area contributed by atoms with Crippen molar-refractivity contribution in [2.24, 2.45) is 0 Å². The molecule has 2 aromatic rings. The number of nitrogens with one attached hydrogen (secondary N) is 1. The van der Waals surface area contributed by atoms with Crippen molar-refractivity contribution in [1.29, 1.82) is 0 Å². The first-order valence-electron chi connectivity index (χ1n) is 5.02. The summed E-state index contributed by atoms with van der Waals surface area (Å²) in [6, 6.07) is 12.5. The minimum Gasteiger partial charge on any atom is -0.322 e. The van der Waals surface area contributed by atoms with Crippen molar-refractivity contribution >= 4 is 10.8 Å². The first-order valence-corrected chi connectivity index (χ1v) is 5.02. The molecule has 3 nitrogen and oxygen atoms in total. The van der Waals surface area contributed by atoms with Crippen LogP contribution in [0.4, 0.5) is 0 Å². The van der Waals surface area contributed by atoms with Crippen LogP contribution in [0.25, 0.3) is 10.8 Å². The van der Waals surface area contributed by atoms with Gasteiger partial charge in [-0.15, -0.1) is 0 Å². The summed E-state index contributed by atoms with van der Waals surface area (Å²) >= 11 is 0. The van der Waals surface area contributed by atoms with Crippen LogP contribution in [-0.4, -0.2) is 0 Å². The summed E-state index contributed by atoms with van der Waals surface area (Å²) in [5.74, 6) is 0. The Morgan fingerprint density at radius 1 is 1.00 bits per heavy atom. The minimum atomic E-state index is -0.256. The highest BCUT2D eigenvalue weighted by Crippen LogP contribution is 2.43. The van der Waals surface area contributed by atoms with Crippen LogP contribution in [-0.2, 0) is 9.57 Å². The van der Waals surface area contributed by atoms with Crippen molar-refractivity contribution in [3.05, 3.63) is 47.5 Å². The molecule has 1 fully saturated rings. The molecule has 0 spiro atoms. The zero-order chi connectivity index (χ0) is 9.83. The molecule has 0 amide bonds. The van der Waals surface area contributed by atoms with Crippen molar-refractivity contribution < 1.29 is 9.57 Å². The molecule has 2 aliphatic rings. The van der Waals surface area contributed by atoms with Crippen molar-refractivity contribution in [1.82, 2.24) is 5.48 Å². The maximum atomic E-state index is 5.68. The molecule has 0 aliphatic carbocycles. The third-order valence-corrected chi connectivity index (χ3v) is 3.05. The van der Waals surface area contributed by atoms with Gasteiger partial charge < -0.3 is 4.74 Å². The Balaban J connectivity index is 2.20. The quantitative estimate of drug-likeness (QED) is 0.706. The molecule has 1 N–H and O–H groups in total. The fourth-order valence-corrected chi connectivity index (χ4v) is 2.39. The molecule has 2 atom stereocenters. The first-order chi connectivity index (χ1) is 7.43. The molecule has 2 heterocycles. The highest BCUT2D eigenvalue weighted by Gasteiger charge is 2.35. The molecule has 2 aliphatic heterocycles. The predicted octanol–water partition coefficient (Wildman–Crippen LogP) is 2.40. The molecule has 3 heteroatoms. The molecule has 2 aromatic carbocycles. The number of benzene rings is 2. The summed E-state index contributed by atoms with van der Waals surface area (Å²) in [5, 5.41) is 2.52. The van der Waals surface area contributed by atoms with Gasteiger partial charge in [0.05, 0.1) is 0 Å². The highest BCUT2D eigenvalue weighted by atomic mass is 16.8. The number of hydrogen-bond acceptors (Lipinski definition) is 3. The standard InChI is InChI=1S/C12H9NO2/c1-3-7-4-2-6-9-10(7)8(5-1)11-13-15-12(9)14-11/h1-6,11-13H. The van der Waals surface area contributed by atoms with Crippen molar-refractivity contribution in [3.63, 3.8) is 0 Å². The maximum absolute atomic E-state index is 5.68. The zero-order valence-electron chi connectivity index (χ0n) is 7.94. The molecule has 2 bridgehead atoms. The van der Waals surface area contributed by atoms with E-state index in [4.69, 9.17) is 9.57 Å². The maximum Gasteiger partial charge on any atom is 0.206 e. The zero-order valence-corrected chi connectivity index (χ0v) is 7.94. The fourth-order valence-electron chi connectivity index (χ4n) is 2.39. The van der Waals surface area contributed by atoms with E-state index in [1.165, 1.54) is 10.8 Å². The van der Waals surface area contributed by atoms with Gasteiger partial charge in [0.2, 0.25) is 6.29 Å². The van der Waals surface area contributed by atoms with Crippen LogP contribution in [0.2, 0.25) is 0 Å². The van der Waals surface area contributed by atoms with E-state index in [1.807, 2.05) is 12.1 Å². The van der Waals surface area contributed by atoms with Gasteiger partial charge in [-0.25, -0.2) is 0 Å². The number of rotatable bonds is 0. The second-order valence-corrected chi connectivity index (χ2v) is 3.88. The van der Waals surface area contributed by atoms with Crippen LogP contribution < -0.4 is 5.48 Å². The first kappa shape index (κ1) is 7.82. The minimum absolute atomic E-state index is 0.117. The van der Waals surface area contributed by atoms with E-state index in [2.05, 4.69) is 29.7 Å². The van der Waals surface area contributed by atoms with Crippen molar-refractivity contribution in [3.8, 4) is 0 Å². The van der Waals surface area contributed by atoms with Crippen LogP contribution in [0.3, 0.4) is 0 Å². The Morgan fingerprint density at radius 2 is 1.80 bits per heavy atom. The second kappa shape index (κ2) is 2.58. The van der Waals surface area contributed by atoms with Crippen LogP contribution in [0, 0.1) is 0 Å². The SMILES string of the molecule is c1cc2c3c(cccc3c1)C1ONC2O1. The van der Waals surface area contributed by atoms with E-state index >= 15 is 0 Å². The Bertz CT molecular complexity index is 508. The second-order valence-electron chi connectivity index (χ2n) is 3.88. The van der Waals surface area contributed by atoms with Gasteiger partial charge in [-0.3, -0.25) is 4.84 Å². The van der Waals surface area contributed by atoms with E-state index in [9.17, 15) is 0 Å². The number of ether oxygens (including phenoxy) is 1. The van der Waals surface area contributed by atoms with Gasteiger partial charge in [-0.1, -0.05) is 36.4 Å². The molecule has 4 rings (SSSR count). The van der Waals surface area contributed by atoms with Crippen LogP contribution >= 0.6 is 0 Å². The van der Waals surface area contributed by atoms with E-state index in [0.717, 1.165) is 11.1 Å². The summed E-state index contributed by atoms with van der Waals surface area (Å²) in [7, 11) is 0. The third-order valence-electron chi connectivity index (χ3n) is 3.05. The monoisotopic (exact) mass is 199 g/mol. The Labute approximate surface area is 86.6 Å². The molecule has 2 unspecified atom stereocenters. The van der Waals surface area contributed by atoms with E-state index in [0.29, 0.717) is 0 Å². The summed E-state index contributed by atoms with van der Waals surface area (Å²) in [5.41, 5.74) is 5.18. The van der Waals surface area contributed by atoms with Crippen molar-refractivity contribution in [2.45, 2.75) is 12.5 Å². The molecule has 0 aromatic heterocycles. The smallest absolute Gasteiger partial charge is 0.206 e. The lowest BCUT2D eigenvalue weighted by atomic mass is 9.96. The number of fused-ring (bicyclic) bond motifs is 4. The van der Waals surface area contributed by atoms with Gasteiger partial charge in [0.15, 0.2) is 6.23 Å². The average molecular weight is 199 g/mol. The van der Waals surface area contributed by atoms with Crippen LogP contribution in [0.1, 0.15) is 23.6 Å². The topological polar surface area (TPSA) is 30.5 Å². The van der Waals surface area contributed by atoms with Gasteiger partial charge in [-0.2, -0.15) is 5.48 Å². The summed E-state index contributed by atoms with van der Waals surface area (Å²) in [6.45, 7) is 0. The lowest BCUT2D eigenvalue weighted by Gasteiger charge is -2.21. The molecule has 74 valence electrons. The van der Waals surface area contributed by atoms with E-state index in [-0.39, 0.29) is 12.5 Å². The van der Waals surface area contributed by atoms with Gasteiger partial charge in [0.25, 0.3) is 0 Å². The molecular weight excluding hydrogens is 190 g/mol. The van der Waals surface area contributed by atoms with Crippen LogP contribution in [0.15, 0.2) is 36.4 Å². The molecule has 0 saturated carbocycles. The van der Waals surface area contributed by atoms with Crippen molar-refractivity contribution in [2.75, 3.05) is 0 Å².